The van der Waals surface area contributed by atoms with Crippen molar-refractivity contribution in [2.24, 2.45) is 4.99 Å². The van der Waals surface area contributed by atoms with E-state index in [9.17, 15) is 8.42 Å². The molecule has 7 nitrogen and oxygen atoms in total. The number of benzene rings is 1. The number of hydrogen-bond acceptors (Lipinski definition) is 4. The highest BCUT2D eigenvalue weighted by molar-refractivity contribution is 14.0. The molecule has 0 radical (unpaired) electrons. The maximum absolute atomic E-state index is 12.2. The summed E-state index contributed by atoms with van der Waals surface area (Å²) in [7, 11) is -3.40. The Hall–Kier alpha value is -0.910. The van der Waals surface area contributed by atoms with Gasteiger partial charge in [-0.1, -0.05) is 12.1 Å². The van der Waals surface area contributed by atoms with Gasteiger partial charge in [0.05, 0.1) is 17.0 Å². The van der Waals surface area contributed by atoms with E-state index in [2.05, 4.69) is 27.3 Å². The van der Waals surface area contributed by atoms with Crippen molar-refractivity contribution in [3.63, 3.8) is 0 Å². The lowest BCUT2D eigenvalue weighted by molar-refractivity contribution is 0.0243. The second kappa shape index (κ2) is 10.2. The highest BCUT2D eigenvalue weighted by atomic mass is 127. The highest BCUT2D eigenvalue weighted by Crippen LogP contribution is 2.24. The van der Waals surface area contributed by atoms with Gasteiger partial charge in [-0.25, -0.2) is 18.1 Å². The molecule has 1 heterocycles. The van der Waals surface area contributed by atoms with E-state index in [1.54, 1.807) is 12.1 Å². The van der Waals surface area contributed by atoms with Crippen LogP contribution in [0.1, 0.15) is 45.1 Å². The van der Waals surface area contributed by atoms with Gasteiger partial charge in [0.1, 0.15) is 0 Å². The summed E-state index contributed by atoms with van der Waals surface area (Å²) in [5.41, 5.74) is 0.821. The fraction of sp³-hybridized carbons (Fsp3) is 0.632. The maximum Gasteiger partial charge on any atom is 0.240 e. The molecule has 1 saturated carbocycles. The molecule has 158 valence electrons. The summed E-state index contributed by atoms with van der Waals surface area (Å²) in [6.45, 7) is 6.92. The summed E-state index contributed by atoms with van der Waals surface area (Å²) in [6.07, 6.45) is 3.99. The van der Waals surface area contributed by atoms with Crippen LogP contribution in [0.2, 0.25) is 0 Å². The highest BCUT2D eigenvalue weighted by Gasteiger charge is 2.30. The predicted molar refractivity (Wildman–Crippen MR) is 122 cm³/mol. The third-order valence-electron chi connectivity index (χ3n) is 4.83. The minimum Gasteiger partial charge on any atom is -0.373 e. The number of halogens is 1. The molecular weight excluding hydrogens is 491 g/mol. The number of guanidine groups is 1. The van der Waals surface area contributed by atoms with E-state index >= 15 is 0 Å². The lowest BCUT2D eigenvalue weighted by Gasteiger charge is -2.24. The maximum atomic E-state index is 12.2. The Morgan fingerprint density at radius 3 is 2.54 bits per heavy atom. The summed E-state index contributed by atoms with van der Waals surface area (Å²) < 4.78 is 32.9. The van der Waals surface area contributed by atoms with Crippen molar-refractivity contribution in [3.05, 3.63) is 29.8 Å². The molecule has 1 saturated heterocycles. The van der Waals surface area contributed by atoms with E-state index in [1.165, 1.54) is 0 Å². The molecule has 0 amide bonds. The molecule has 0 bridgehead atoms. The first-order valence-electron chi connectivity index (χ1n) is 9.68. The standard InChI is InChI=1S/C19H30N4O3S.HI/c1-3-20-18(22-14-19(2)11-4-12-26-19)21-13-15-5-9-17(10-6-15)27(24,25)23-16-7-8-16;/h5-6,9-10,16,23H,3-4,7-8,11-14H2,1-2H3,(H2,20,21,22);1H. The summed E-state index contributed by atoms with van der Waals surface area (Å²) in [6, 6.07) is 7.03. The van der Waals surface area contributed by atoms with Crippen molar-refractivity contribution in [1.29, 1.82) is 0 Å². The SMILES string of the molecule is CCNC(=NCc1ccc(S(=O)(=O)NC2CC2)cc1)NCC1(C)CCCO1.I. The Labute approximate surface area is 185 Å². The Morgan fingerprint density at radius 1 is 1.25 bits per heavy atom. The van der Waals surface area contributed by atoms with Crippen LogP contribution in [0.25, 0.3) is 0 Å². The van der Waals surface area contributed by atoms with Gasteiger partial charge in [-0.05, 0) is 57.2 Å². The van der Waals surface area contributed by atoms with Gasteiger partial charge >= 0.3 is 0 Å². The molecule has 3 N–H and O–H groups in total. The largest absolute Gasteiger partial charge is 0.373 e. The molecule has 28 heavy (non-hydrogen) atoms. The number of nitrogens with one attached hydrogen (secondary N) is 3. The molecule has 1 aliphatic heterocycles. The molecular formula is C19H31IN4O3S. The van der Waals surface area contributed by atoms with Crippen LogP contribution in [0.15, 0.2) is 34.2 Å². The minimum absolute atomic E-state index is 0. The van der Waals surface area contributed by atoms with Gasteiger partial charge in [0.2, 0.25) is 10.0 Å². The Kier molecular flexibility index (Phi) is 8.53. The van der Waals surface area contributed by atoms with Crippen LogP contribution in [0.4, 0.5) is 0 Å². The average molecular weight is 522 g/mol. The molecule has 2 aliphatic rings. The average Bonchev–Trinajstić information content (AvgIpc) is 3.34. The normalized spacial score (nSPS) is 22.6. The first-order chi connectivity index (χ1) is 12.9. The Balaban J connectivity index is 0.00000280. The molecule has 1 unspecified atom stereocenters. The lowest BCUT2D eigenvalue weighted by Crippen LogP contribution is -2.45. The van der Waals surface area contributed by atoms with Crippen LogP contribution >= 0.6 is 24.0 Å². The fourth-order valence-corrected chi connectivity index (χ4v) is 4.33. The van der Waals surface area contributed by atoms with Crippen LogP contribution in [0.5, 0.6) is 0 Å². The minimum atomic E-state index is -3.40. The van der Waals surface area contributed by atoms with E-state index in [1.807, 2.05) is 19.1 Å². The van der Waals surface area contributed by atoms with Crippen molar-refractivity contribution in [3.8, 4) is 0 Å². The summed E-state index contributed by atoms with van der Waals surface area (Å²) in [5.74, 6) is 0.737. The third-order valence-corrected chi connectivity index (χ3v) is 6.36. The van der Waals surface area contributed by atoms with Crippen LogP contribution in [-0.4, -0.2) is 45.7 Å². The van der Waals surface area contributed by atoms with Crippen molar-refractivity contribution in [1.82, 2.24) is 15.4 Å². The number of rotatable bonds is 8. The Morgan fingerprint density at radius 2 is 1.96 bits per heavy atom. The Bertz CT molecular complexity index is 758. The van der Waals surface area contributed by atoms with E-state index in [4.69, 9.17) is 4.74 Å². The summed E-state index contributed by atoms with van der Waals surface area (Å²) in [5, 5.41) is 6.58. The van der Waals surface area contributed by atoms with Crippen LogP contribution in [0, 0.1) is 0 Å². The van der Waals surface area contributed by atoms with E-state index in [0.717, 1.165) is 50.4 Å². The van der Waals surface area contributed by atoms with Crippen LogP contribution in [-0.2, 0) is 21.3 Å². The zero-order valence-corrected chi connectivity index (χ0v) is 19.7. The summed E-state index contributed by atoms with van der Waals surface area (Å²) in [4.78, 5) is 4.90. The fourth-order valence-electron chi connectivity index (χ4n) is 3.02. The molecule has 2 fully saturated rings. The van der Waals surface area contributed by atoms with Gasteiger partial charge < -0.3 is 15.4 Å². The first kappa shape index (κ1) is 23.4. The van der Waals surface area contributed by atoms with Gasteiger partial charge in [0, 0.05) is 25.7 Å². The van der Waals surface area contributed by atoms with Gasteiger partial charge in [-0.2, -0.15) is 0 Å². The molecule has 9 heteroatoms. The predicted octanol–water partition coefficient (Wildman–Crippen LogP) is 2.37. The molecule has 1 atom stereocenters. The molecule has 3 rings (SSSR count). The number of aliphatic imine (C=N–C) groups is 1. The first-order valence-corrected chi connectivity index (χ1v) is 11.2. The van der Waals surface area contributed by atoms with Crippen LogP contribution in [0.3, 0.4) is 0 Å². The molecule has 1 aromatic rings. The van der Waals surface area contributed by atoms with Gasteiger partial charge in [-0.3, -0.25) is 0 Å². The van der Waals surface area contributed by atoms with Crippen molar-refractivity contribution < 1.29 is 13.2 Å². The van der Waals surface area contributed by atoms with Crippen molar-refractivity contribution in [2.75, 3.05) is 19.7 Å². The molecule has 0 aromatic heterocycles. The summed E-state index contributed by atoms with van der Waals surface area (Å²) >= 11 is 0. The lowest BCUT2D eigenvalue weighted by atomic mass is 10.0. The van der Waals surface area contributed by atoms with Gasteiger partial charge in [0.15, 0.2) is 5.96 Å². The van der Waals surface area contributed by atoms with Crippen molar-refractivity contribution in [2.45, 2.75) is 62.6 Å². The molecule has 0 spiro atoms. The van der Waals surface area contributed by atoms with Gasteiger partial charge in [0.25, 0.3) is 0 Å². The van der Waals surface area contributed by atoms with E-state index in [0.29, 0.717) is 18.0 Å². The van der Waals surface area contributed by atoms with Gasteiger partial charge in [-0.15, -0.1) is 24.0 Å². The second-order valence-electron chi connectivity index (χ2n) is 7.49. The van der Waals surface area contributed by atoms with Crippen molar-refractivity contribution >= 4 is 40.0 Å². The smallest absolute Gasteiger partial charge is 0.240 e. The molecule has 1 aliphatic carbocycles. The number of nitrogens with zero attached hydrogens (tertiary/aromatic N) is 1. The zero-order valence-electron chi connectivity index (χ0n) is 16.5. The van der Waals surface area contributed by atoms with Crippen LogP contribution < -0.4 is 15.4 Å². The zero-order chi connectivity index (χ0) is 19.3. The topological polar surface area (TPSA) is 91.8 Å². The number of ether oxygens (including phenoxy) is 1. The monoisotopic (exact) mass is 522 g/mol. The third kappa shape index (κ3) is 6.85. The van der Waals surface area contributed by atoms with E-state index < -0.39 is 10.0 Å². The quantitative estimate of drug-likeness (QED) is 0.277. The number of sulfonamides is 1. The molecule has 1 aromatic carbocycles. The number of hydrogen-bond donors (Lipinski definition) is 3. The second-order valence-corrected chi connectivity index (χ2v) is 9.20. The van der Waals surface area contributed by atoms with E-state index in [-0.39, 0.29) is 35.6 Å².